The van der Waals surface area contributed by atoms with Crippen molar-refractivity contribution >= 4 is 27.2 Å². The summed E-state index contributed by atoms with van der Waals surface area (Å²) in [6.45, 7) is 3.53. The molecule has 3 aliphatic rings. The van der Waals surface area contributed by atoms with Gasteiger partial charge in [-0.15, -0.1) is 11.3 Å². The normalized spacial score (nSPS) is 27.0. The van der Waals surface area contributed by atoms with Crippen molar-refractivity contribution in [1.82, 2.24) is 4.90 Å². The number of benzene rings is 1. The highest BCUT2D eigenvalue weighted by Gasteiger charge is 2.35. The molecule has 1 aromatic carbocycles. The van der Waals surface area contributed by atoms with Gasteiger partial charge in [0.25, 0.3) is 0 Å². The van der Waals surface area contributed by atoms with Crippen molar-refractivity contribution in [3.05, 3.63) is 34.7 Å². The number of carbonyl (C=O) groups is 1. The van der Waals surface area contributed by atoms with Gasteiger partial charge in [-0.1, -0.05) is 6.07 Å². The van der Waals surface area contributed by atoms with Gasteiger partial charge >= 0.3 is 0 Å². The van der Waals surface area contributed by atoms with E-state index in [9.17, 15) is 4.79 Å². The third kappa shape index (κ3) is 2.45. The highest BCUT2D eigenvalue weighted by atomic mass is 32.1. The Balaban J connectivity index is 1.54. The largest absolute Gasteiger partial charge is 0.303 e. The molecule has 5 rings (SSSR count). The molecule has 4 heterocycles. The number of hydrogen-bond acceptors (Lipinski definition) is 4. The molecule has 0 radical (unpaired) electrons. The molecule has 3 nitrogen and oxygen atoms in total. The fraction of sp³-hybridized carbons (Fsp3) is 0.444. The van der Waals surface area contributed by atoms with E-state index in [2.05, 4.69) is 11.0 Å². The maximum absolute atomic E-state index is 12.6. The van der Waals surface area contributed by atoms with Crippen LogP contribution >= 0.6 is 11.3 Å². The summed E-state index contributed by atoms with van der Waals surface area (Å²) in [6.07, 6.45) is 3.20. The minimum Gasteiger partial charge on any atom is -0.303 e. The van der Waals surface area contributed by atoms with Crippen molar-refractivity contribution in [2.24, 2.45) is 11.8 Å². The van der Waals surface area contributed by atoms with Crippen molar-refractivity contribution in [3.63, 3.8) is 0 Å². The molecule has 0 saturated carbocycles. The molecule has 2 bridgehead atoms. The number of nitriles is 1. The zero-order chi connectivity index (χ0) is 15.1. The second-order valence-corrected chi connectivity index (χ2v) is 7.58. The third-order valence-electron chi connectivity index (χ3n) is 5.16. The van der Waals surface area contributed by atoms with Gasteiger partial charge in [0.2, 0.25) is 0 Å². The Labute approximate surface area is 134 Å². The number of thiophene rings is 1. The van der Waals surface area contributed by atoms with E-state index >= 15 is 0 Å². The minimum absolute atomic E-state index is 0.276. The van der Waals surface area contributed by atoms with Crippen LogP contribution in [0.2, 0.25) is 0 Å². The highest BCUT2D eigenvalue weighted by Crippen LogP contribution is 2.36. The van der Waals surface area contributed by atoms with Crippen LogP contribution in [-0.2, 0) is 0 Å². The van der Waals surface area contributed by atoms with Gasteiger partial charge in [0.15, 0.2) is 5.78 Å². The van der Waals surface area contributed by atoms with E-state index < -0.39 is 0 Å². The van der Waals surface area contributed by atoms with E-state index in [4.69, 9.17) is 5.26 Å². The maximum atomic E-state index is 12.6. The van der Waals surface area contributed by atoms with Gasteiger partial charge in [-0.25, -0.2) is 0 Å². The van der Waals surface area contributed by atoms with Crippen LogP contribution in [0.5, 0.6) is 0 Å². The van der Waals surface area contributed by atoms with Crippen molar-refractivity contribution in [1.29, 1.82) is 5.26 Å². The van der Waals surface area contributed by atoms with Crippen molar-refractivity contribution in [2.75, 3.05) is 19.6 Å². The molecule has 0 unspecified atom stereocenters. The fourth-order valence-corrected chi connectivity index (χ4v) is 4.95. The predicted octanol–water partition coefficient (Wildman–Crippen LogP) is 3.69. The minimum atomic E-state index is 0.276. The molecule has 0 N–H and O–H groups in total. The standard InChI is InChI=1S/C18H18N2OS/c19-10-12-1-2-14-9-18(22-17(14)7-12)16(21)8-15-11-20-5-3-13(15)4-6-20/h1-2,7,9,13,15H,3-6,8,11H2/t15-/m0/s1. The first-order chi connectivity index (χ1) is 10.7. The van der Waals surface area contributed by atoms with Crippen molar-refractivity contribution < 1.29 is 4.79 Å². The van der Waals surface area contributed by atoms with Gasteiger partial charge in [-0.05, 0) is 61.4 Å². The van der Waals surface area contributed by atoms with E-state index in [1.54, 1.807) is 0 Å². The van der Waals surface area contributed by atoms with Gasteiger partial charge in [0.1, 0.15) is 0 Å². The van der Waals surface area contributed by atoms with Crippen LogP contribution in [0.4, 0.5) is 0 Å². The second-order valence-electron chi connectivity index (χ2n) is 6.50. The van der Waals surface area contributed by atoms with E-state index in [0.29, 0.717) is 17.9 Å². The average molecular weight is 310 g/mol. The number of carbonyl (C=O) groups excluding carboxylic acids is 1. The van der Waals surface area contributed by atoms with Crippen LogP contribution in [0.3, 0.4) is 0 Å². The van der Waals surface area contributed by atoms with Gasteiger partial charge < -0.3 is 4.90 Å². The topological polar surface area (TPSA) is 44.1 Å². The summed E-state index contributed by atoms with van der Waals surface area (Å²) in [4.78, 5) is 16.0. The van der Waals surface area contributed by atoms with Crippen molar-refractivity contribution in [3.8, 4) is 6.07 Å². The summed E-state index contributed by atoms with van der Waals surface area (Å²) < 4.78 is 1.04. The number of Topliss-reactive ketones (excluding diaryl/α,β-unsaturated/α-hetero) is 1. The average Bonchev–Trinajstić information content (AvgIpc) is 2.99. The molecule has 1 aromatic heterocycles. The third-order valence-corrected chi connectivity index (χ3v) is 6.30. The lowest BCUT2D eigenvalue weighted by molar-refractivity contribution is 0.0442. The number of nitrogens with zero attached hydrogens (tertiary/aromatic N) is 2. The van der Waals surface area contributed by atoms with E-state index in [-0.39, 0.29) is 5.78 Å². The Kier molecular flexibility index (Phi) is 3.48. The Hall–Kier alpha value is -1.70. The van der Waals surface area contributed by atoms with Crippen LogP contribution in [0.15, 0.2) is 24.3 Å². The Morgan fingerprint density at radius 2 is 2.14 bits per heavy atom. The lowest BCUT2D eigenvalue weighted by atomic mass is 9.76. The van der Waals surface area contributed by atoms with Crippen LogP contribution in [0.25, 0.3) is 10.1 Å². The molecule has 0 spiro atoms. The molecule has 0 amide bonds. The maximum Gasteiger partial charge on any atom is 0.173 e. The fourth-order valence-electron chi connectivity index (χ4n) is 3.90. The van der Waals surface area contributed by atoms with Crippen LogP contribution < -0.4 is 0 Å². The number of ketones is 1. The number of fused-ring (bicyclic) bond motifs is 4. The van der Waals surface area contributed by atoms with Crippen molar-refractivity contribution in [2.45, 2.75) is 19.3 Å². The number of rotatable bonds is 3. The van der Waals surface area contributed by atoms with E-state index in [1.165, 1.54) is 37.3 Å². The molecule has 3 aliphatic heterocycles. The van der Waals surface area contributed by atoms with Gasteiger partial charge in [-0.2, -0.15) is 5.26 Å². The summed E-state index contributed by atoms with van der Waals surface area (Å²) >= 11 is 1.53. The van der Waals surface area contributed by atoms with Gasteiger partial charge in [0.05, 0.1) is 16.5 Å². The SMILES string of the molecule is N#Cc1ccc2cc(C(=O)C[C@H]3CN4CCC3CC4)sc2c1. The smallest absolute Gasteiger partial charge is 0.173 e. The monoisotopic (exact) mass is 310 g/mol. The number of hydrogen-bond donors (Lipinski definition) is 0. The summed E-state index contributed by atoms with van der Waals surface area (Å²) in [5, 5.41) is 10.0. The lowest BCUT2D eigenvalue weighted by Gasteiger charge is -2.44. The molecule has 1 atom stereocenters. The predicted molar refractivity (Wildman–Crippen MR) is 88.1 cm³/mol. The zero-order valence-corrected chi connectivity index (χ0v) is 13.2. The van der Waals surface area contributed by atoms with Crippen LogP contribution in [0, 0.1) is 23.2 Å². The molecule has 2 aromatic rings. The Morgan fingerprint density at radius 3 is 2.82 bits per heavy atom. The summed E-state index contributed by atoms with van der Waals surface area (Å²) in [5.74, 6) is 1.56. The van der Waals surface area contributed by atoms with E-state index in [0.717, 1.165) is 27.4 Å². The molecule has 4 heteroatoms. The first kappa shape index (κ1) is 13.9. The molecule has 22 heavy (non-hydrogen) atoms. The molecule has 112 valence electrons. The molecular formula is C18H18N2OS. The van der Waals surface area contributed by atoms with Gasteiger partial charge in [0, 0.05) is 17.7 Å². The van der Waals surface area contributed by atoms with Crippen LogP contribution in [0.1, 0.15) is 34.5 Å². The Morgan fingerprint density at radius 1 is 1.32 bits per heavy atom. The Bertz CT molecular complexity index is 765. The first-order valence-electron chi connectivity index (χ1n) is 7.92. The van der Waals surface area contributed by atoms with Crippen LogP contribution in [-0.4, -0.2) is 30.3 Å². The highest BCUT2D eigenvalue weighted by molar-refractivity contribution is 7.20. The summed E-state index contributed by atoms with van der Waals surface area (Å²) in [6, 6.07) is 9.78. The lowest BCUT2D eigenvalue weighted by Crippen LogP contribution is -2.47. The van der Waals surface area contributed by atoms with E-state index in [1.807, 2.05) is 24.3 Å². The molecular weight excluding hydrogens is 292 g/mol. The van der Waals surface area contributed by atoms with Gasteiger partial charge in [-0.3, -0.25) is 4.79 Å². The molecule has 3 fully saturated rings. The quantitative estimate of drug-likeness (QED) is 0.812. The zero-order valence-electron chi connectivity index (χ0n) is 12.4. The summed E-state index contributed by atoms with van der Waals surface area (Å²) in [7, 11) is 0. The molecule has 3 saturated heterocycles. The summed E-state index contributed by atoms with van der Waals surface area (Å²) in [5.41, 5.74) is 0.658. The number of piperidine rings is 3. The second kappa shape index (κ2) is 5.49. The molecule has 0 aliphatic carbocycles. The first-order valence-corrected chi connectivity index (χ1v) is 8.74.